The van der Waals surface area contributed by atoms with Crippen LogP contribution < -0.4 is 5.32 Å². The zero-order valence-electron chi connectivity index (χ0n) is 16.5. The first-order valence-corrected chi connectivity index (χ1v) is 9.44. The van der Waals surface area contributed by atoms with Gasteiger partial charge in [0.1, 0.15) is 5.70 Å². The minimum Gasteiger partial charge on any atom is -0.357 e. The molecule has 0 unspecified atom stereocenters. The van der Waals surface area contributed by atoms with Gasteiger partial charge in [0.2, 0.25) is 5.91 Å². The van der Waals surface area contributed by atoms with Gasteiger partial charge in [-0.15, -0.1) is 0 Å². The van der Waals surface area contributed by atoms with Gasteiger partial charge < -0.3 is 15.1 Å². The van der Waals surface area contributed by atoms with Crippen LogP contribution in [0, 0.1) is 6.92 Å². The molecule has 8 heteroatoms. The molecule has 2 amide bonds. The molecule has 0 aromatic carbocycles. The Morgan fingerprint density at radius 2 is 2.03 bits per heavy atom. The molecule has 0 spiro atoms. The topological polar surface area (TPSA) is 91.3 Å². The Labute approximate surface area is 169 Å². The molecule has 2 aliphatic rings. The Hall–Kier alpha value is -3.55. The molecule has 0 fully saturated rings. The van der Waals surface area contributed by atoms with Crippen molar-refractivity contribution >= 4 is 17.6 Å². The summed E-state index contributed by atoms with van der Waals surface area (Å²) in [6, 6.07) is 3.83. The van der Waals surface area contributed by atoms with Gasteiger partial charge in [-0.25, -0.2) is 4.98 Å². The van der Waals surface area contributed by atoms with Crippen LogP contribution in [0.5, 0.6) is 0 Å². The predicted octanol–water partition coefficient (Wildman–Crippen LogP) is 2.12. The molecule has 8 nitrogen and oxygen atoms in total. The summed E-state index contributed by atoms with van der Waals surface area (Å²) in [5.74, 6) is 0.0171. The van der Waals surface area contributed by atoms with E-state index < -0.39 is 0 Å². The second-order valence-electron chi connectivity index (χ2n) is 7.19. The van der Waals surface area contributed by atoms with Crippen LogP contribution in [0.4, 0.5) is 5.82 Å². The summed E-state index contributed by atoms with van der Waals surface area (Å²) >= 11 is 0. The third kappa shape index (κ3) is 3.61. The van der Waals surface area contributed by atoms with Gasteiger partial charge in [0.15, 0.2) is 5.82 Å². The van der Waals surface area contributed by atoms with Crippen LogP contribution in [0.3, 0.4) is 0 Å². The summed E-state index contributed by atoms with van der Waals surface area (Å²) in [5.41, 5.74) is 4.72. The molecule has 4 rings (SSSR count). The number of likely N-dealkylation sites (N-methyl/N-ethyl adjacent to an activating group) is 1. The predicted molar refractivity (Wildman–Crippen MR) is 108 cm³/mol. The molecule has 0 saturated carbocycles. The van der Waals surface area contributed by atoms with Crippen LogP contribution in [0.25, 0.3) is 11.3 Å². The van der Waals surface area contributed by atoms with E-state index in [4.69, 9.17) is 0 Å². The lowest BCUT2D eigenvalue weighted by molar-refractivity contribution is -0.125. The maximum Gasteiger partial charge on any atom is 0.274 e. The maximum atomic E-state index is 12.5. The van der Waals surface area contributed by atoms with Crippen molar-refractivity contribution in [2.45, 2.75) is 19.8 Å². The van der Waals surface area contributed by atoms with Gasteiger partial charge in [0.25, 0.3) is 5.91 Å². The highest BCUT2D eigenvalue weighted by Crippen LogP contribution is 2.35. The molecule has 4 heterocycles. The highest BCUT2D eigenvalue weighted by molar-refractivity contribution is 6.01. The van der Waals surface area contributed by atoms with E-state index in [0.29, 0.717) is 23.8 Å². The Morgan fingerprint density at radius 1 is 1.21 bits per heavy atom. The van der Waals surface area contributed by atoms with Crippen LogP contribution in [-0.2, 0) is 9.59 Å². The molecule has 2 aromatic rings. The summed E-state index contributed by atoms with van der Waals surface area (Å²) in [6.07, 6.45) is 6.55. The zero-order chi connectivity index (χ0) is 20.5. The van der Waals surface area contributed by atoms with Crippen LogP contribution >= 0.6 is 0 Å². The molecular weight excluding hydrogens is 368 g/mol. The van der Waals surface area contributed by atoms with Crippen molar-refractivity contribution in [2.24, 2.45) is 0 Å². The lowest BCUT2D eigenvalue weighted by Gasteiger charge is -2.28. The third-order valence-electron chi connectivity index (χ3n) is 5.18. The first kappa shape index (κ1) is 18.8. The second kappa shape index (κ2) is 7.46. The number of pyridine rings is 1. The molecule has 0 saturated heterocycles. The summed E-state index contributed by atoms with van der Waals surface area (Å²) < 4.78 is 0. The number of aromatic nitrogens is 3. The van der Waals surface area contributed by atoms with Crippen molar-refractivity contribution in [1.82, 2.24) is 24.8 Å². The first-order valence-electron chi connectivity index (χ1n) is 9.44. The fraction of sp³-hybridized carbons (Fsp3) is 0.286. The van der Waals surface area contributed by atoms with Crippen molar-refractivity contribution < 1.29 is 9.59 Å². The van der Waals surface area contributed by atoms with Crippen molar-refractivity contribution in [3.8, 4) is 11.3 Å². The number of hydrogen-bond acceptors (Lipinski definition) is 6. The lowest BCUT2D eigenvalue weighted by atomic mass is 10.0. The smallest absolute Gasteiger partial charge is 0.274 e. The number of allylic oxidation sites excluding steroid dienone is 1. The quantitative estimate of drug-likeness (QED) is 0.860. The normalized spacial score (nSPS) is 16.3. The van der Waals surface area contributed by atoms with E-state index in [2.05, 4.69) is 26.8 Å². The van der Waals surface area contributed by atoms with Crippen LogP contribution in [0.1, 0.15) is 18.5 Å². The number of aryl methyl sites for hydroxylation is 1. The number of anilines is 1. The van der Waals surface area contributed by atoms with Gasteiger partial charge >= 0.3 is 0 Å². The number of nitrogens with zero attached hydrogens (tertiary/aromatic N) is 5. The Kier molecular flexibility index (Phi) is 4.84. The Balaban J connectivity index is 1.43. The summed E-state index contributed by atoms with van der Waals surface area (Å²) in [5, 5.41) is 2.75. The first-order chi connectivity index (χ1) is 13.9. The minimum atomic E-state index is -0.245. The molecular formula is C21H22N6O2. The molecule has 29 heavy (non-hydrogen) atoms. The van der Waals surface area contributed by atoms with Crippen molar-refractivity contribution in [3.05, 3.63) is 60.0 Å². The fourth-order valence-corrected chi connectivity index (χ4v) is 3.57. The molecule has 0 atom stereocenters. The van der Waals surface area contributed by atoms with E-state index in [1.54, 1.807) is 24.3 Å². The van der Waals surface area contributed by atoms with Gasteiger partial charge in [-0.2, -0.15) is 0 Å². The Morgan fingerprint density at radius 3 is 2.72 bits per heavy atom. The van der Waals surface area contributed by atoms with E-state index in [0.717, 1.165) is 35.4 Å². The fourth-order valence-electron chi connectivity index (χ4n) is 3.57. The third-order valence-corrected chi connectivity index (χ3v) is 5.18. The second-order valence-corrected chi connectivity index (χ2v) is 7.19. The van der Waals surface area contributed by atoms with Crippen LogP contribution in [0.15, 0.2) is 54.3 Å². The molecule has 1 N–H and O–H groups in total. The van der Waals surface area contributed by atoms with Gasteiger partial charge in [-0.3, -0.25) is 19.6 Å². The summed E-state index contributed by atoms with van der Waals surface area (Å²) in [7, 11) is 1.71. The number of hydrogen-bond donors (Lipinski definition) is 1. The number of carbonyl (C=O) groups is 2. The Bertz CT molecular complexity index is 1010. The van der Waals surface area contributed by atoms with E-state index >= 15 is 0 Å². The highest BCUT2D eigenvalue weighted by Gasteiger charge is 2.37. The molecule has 0 aliphatic carbocycles. The van der Waals surface area contributed by atoms with E-state index in [1.807, 2.05) is 24.0 Å². The highest BCUT2D eigenvalue weighted by atomic mass is 16.2. The van der Waals surface area contributed by atoms with Crippen molar-refractivity contribution in [3.63, 3.8) is 0 Å². The van der Waals surface area contributed by atoms with Crippen LogP contribution in [0.2, 0.25) is 0 Å². The summed E-state index contributed by atoms with van der Waals surface area (Å²) in [4.78, 5) is 41.3. The average Bonchev–Trinajstić information content (AvgIpc) is 2.94. The largest absolute Gasteiger partial charge is 0.357 e. The summed E-state index contributed by atoms with van der Waals surface area (Å²) in [6.45, 7) is 6.64. The minimum absolute atomic E-state index is 0.0804. The van der Waals surface area contributed by atoms with Crippen LogP contribution in [-0.4, -0.2) is 56.7 Å². The molecule has 2 aliphatic heterocycles. The maximum absolute atomic E-state index is 12.5. The number of rotatable bonds is 4. The van der Waals surface area contributed by atoms with Crippen molar-refractivity contribution in [1.29, 1.82) is 0 Å². The standard InChI is InChI=1S/C21H22N6O2/c1-13-6-7-15(9-22-13)17-10-24-18(11-23-17)25-19(28)12-27-8-4-5-16-14(2)26(3)21(29)20(16)27/h6-7,9-11H,2,4-5,8,12H2,1,3H3,(H,24,25,28). The molecule has 2 aromatic heterocycles. The van der Waals surface area contributed by atoms with Gasteiger partial charge in [0, 0.05) is 42.3 Å². The van der Waals surface area contributed by atoms with E-state index in [1.165, 1.54) is 6.20 Å². The monoisotopic (exact) mass is 390 g/mol. The zero-order valence-corrected chi connectivity index (χ0v) is 16.5. The number of nitrogens with one attached hydrogen (secondary N) is 1. The number of amides is 2. The average molecular weight is 390 g/mol. The van der Waals surface area contributed by atoms with E-state index in [9.17, 15) is 9.59 Å². The lowest BCUT2D eigenvalue weighted by Crippen LogP contribution is -2.38. The molecule has 0 bridgehead atoms. The van der Waals surface area contributed by atoms with Gasteiger partial charge in [-0.1, -0.05) is 6.58 Å². The molecule has 0 radical (unpaired) electrons. The van der Waals surface area contributed by atoms with Gasteiger partial charge in [0.05, 0.1) is 24.6 Å². The van der Waals surface area contributed by atoms with Crippen molar-refractivity contribution in [2.75, 3.05) is 25.5 Å². The molecule has 148 valence electrons. The SMILES string of the molecule is C=C1C2=C(C(=O)N1C)N(CC(=O)Nc1cnc(-c3ccc(C)nc3)cn1)CCC2. The number of carbonyl (C=O) groups excluding carboxylic acids is 2. The van der Waals surface area contributed by atoms with Gasteiger partial charge in [-0.05, 0) is 31.9 Å². The van der Waals surface area contributed by atoms with E-state index in [-0.39, 0.29) is 18.4 Å².